The zero-order chi connectivity index (χ0) is 22.8. The molecule has 2 aliphatic rings. The van der Waals surface area contributed by atoms with E-state index >= 15 is 0 Å². The van der Waals surface area contributed by atoms with Gasteiger partial charge in [-0.1, -0.05) is 11.6 Å². The van der Waals surface area contributed by atoms with Crippen LogP contribution >= 0.6 is 23.8 Å². The molecule has 1 aromatic heterocycles. The Morgan fingerprint density at radius 2 is 1.78 bits per heavy atom. The Morgan fingerprint density at radius 3 is 2.38 bits per heavy atom. The Morgan fingerprint density at radius 1 is 1.16 bits per heavy atom. The minimum atomic E-state index is 0.0922. The molecule has 1 amide bonds. The van der Waals surface area contributed by atoms with Gasteiger partial charge in [0.2, 0.25) is 5.91 Å². The van der Waals surface area contributed by atoms with E-state index < -0.39 is 0 Å². The van der Waals surface area contributed by atoms with Crippen LogP contribution in [0.3, 0.4) is 0 Å². The van der Waals surface area contributed by atoms with Gasteiger partial charge in [-0.05, 0) is 70.1 Å². The first-order chi connectivity index (χ1) is 15.4. The third-order valence-electron chi connectivity index (χ3n) is 6.34. The van der Waals surface area contributed by atoms with Crippen molar-refractivity contribution in [1.29, 1.82) is 0 Å². The van der Waals surface area contributed by atoms with Crippen molar-refractivity contribution in [1.82, 2.24) is 24.1 Å². The zero-order valence-corrected chi connectivity index (χ0v) is 20.6. The molecule has 4 rings (SSSR count). The van der Waals surface area contributed by atoms with Crippen LogP contribution in [0.4, 0.5) is 0 Å². The smallest absolute Gasteiger partial charge is 0.225 e. The monoisotopic (exact) mass is 477 g/mol. The number of ether oxygens (including phenoxy) is 1. The van der Waals surface area contributed by atoms with E-state index in [0.29, 0.717) is 29.6 Å². The van der Waals surface area contributed by atoms with Crippen LogP contribution in [0.2, 0.25) is 5.02 Å². The molecule has 1 aromatic carbocycles. The number of piperidine rings is 1. The lowest BCUT2D eigenvalue weighted by Crippen LogP contribution is -2.51. The van der Waals surface area contributed by atoms with Crippen LogP contribution in [0.5, 0.6) is 0 Å². The lowest BCUT2D eigenvalue weighted by Gasteiger charge is -2.39. The van der Waals surface area contributed by atoms with Gasteiger partial charge in [-0.15, -0.1) is 0 Å². The summed E-state index contributed by atoms with van der Waals surface area (Å²) in [6, 6.07) is 7.69. The molecule has 0 unspecified atom stereocenters. The third-order valence-corrected chi connectivity index (χ3v) is 7.03. The van der Waals surface area contributed by atoms with Crippen LogP contribution in [-0.2, 0) is 22.7 Å². The van der Waals surface area contributed by atoms with Crippen molar-refractivity contribution in [3.8, 4) is 11.4 Å². The fourth-order valence-electron chi connectivity index (χ4n) is 4.76. The molecular formula is C23H32ClN5O2S. The molecule has 3 heterocycles. The molecule has 2 saturated heterocycles. The molecule has 0 radical (unpaired) electrons. The van der Waals surface area contributed by atoms with Gasteiger partial charge >= 0.3 is 0 Å². The van der Waals surface area contributed by atoms with Gasteiger partial charge < -0.3 is 14.2 Å². The van der Waals surface area contributed by atoms with Crippen molar-refractivity contribution in [2.45, 2.75) is 59.0 Å². The SMILES string of the molecule is CCn1c(-c2ccc(Cl)cc2)nn(CN2CCC(C(=O)N3C[C@H](C)O[C@@H](C)C3)CC2)c1=S. The summed E-state index contributed by atoms with van der Waals surface area (Å²) < 4.78 is 10.4. The van der Waals surface area contributed by atoms with E-state index in [0.717, 1.165) is 43.9 Å². The van der Waals surface area contributed by atoms with E-state index in [-0.39, 0.29) is 24.0 Å². The van der Waals surface area contributed by atoms with E-state index in [9.17, 15) is 4.79 Å². The average Bonchev–Trinajstić information content (AvgIpc) is 3.08. The number of morpholine rings is 1. The molecule has 32 heavy (non-hydrogen) atoms. The number of halogens is 1. The summed E-state index contributed by atoms with van der Waals surface area (Å²) in [7, 11) is 0. The maximum atomic E-state index is 13.0. The van der Waals surface area contributed by atoms with Gasteiger partial charge in [0.05, 0.1) is 18.9 Å². The molecule has 2 atom stereocenters. The Balaban J connectivity index is 1.39. The van der Waals surface area contributed by atoms with E-state index in [4.69, 9.17) is 33.7 Å². The van der Waals surface area contributed by atoms with Gasteiger partial charge in [-0.3, -0.25) is 9.69 Å². The number of carbonyl (C=O) groups is 1. The fourth-order valence-corrected chi connectivity index (χ4v) is 5.20. The maximum Gasteiger partial charge on any atom is 0.225 e. The number of benzene rings is 1. The fraction of sp³-hybridized carbons (Fsp3) is 0.609. The van der Waals surface area contributed by atoms with Gasteiger partial charge in [0.25, 0.3) is 0 Å². The number of hydrogen-bond donors (Lipinski definition) is 0. The number of amides is 1. The predicted molar refractivity (Wildman–Crippen MR) is 128 cm³/mol. The number of likely N-dealkylation sites (tertiary alicyclic amines) is 1. The zero-order valence-electron chi connectivity index (χ0n) is 19.0. The molecule has 0 spiro atoms. The molecule has 174 valence electrons. The molecule has 7 nitrogen and oxygen atoms in total. The highest BCUT2D eigenvalue weighted by atomic mass is 35.5. The molecule has 2 aliphatic heterocycles. The minimum Gasteiger partial charge on any atom is -0.372 e. The van der Waals surface area contributed by atoms with Crippen molar-refractivity contribution in [3.05, 3.63) is 34.1 Å². The normalized spacial score (nSPS) is 22.9. The lowest BCUT2D eigenvalue weighted by atomic mass is 9.95. The van der Waals surface area contributed by atoms with Gasteiger partial charge in [-0.25, -0.2) is 4.68 Å². The van der Waals surface area contributed by atoms with Crippen molar-refractivity contribution in [3.63, 3.8) is 0 Å². The Bertz CT molecular complexity index is 987. The molecule has 2 aromatic rings. The number of carbonyl (C=O) groups excluding carboxylic acids is 1. The van der Waals surface area contributed by atoms with Gasteiger partial charge in [0.1, 0.15) is 0 Å². The summed E-state index contributed by atoms with van der Waals surface area (Å²) in [5.74, 6) is 1.23. The molecule has 0 N–H and O–H groups in total. The van der Waals surface area contributed by atoms with Crippen molar-refractivity contribution < 1.29 is 9.53 Å². The average molecular weight is 478 g/mol. The maximum absolute atomic E-state index is 13.0. The van der Waals surface area contributed by atoms with Gasteiger partial charge in [0.15, 0.2) is 10.6 Å². The lowest BCUT2D eigenvalue weighted by molar-refractivity contribution is -0.149. The van der Waals surface area contributed by atoms with Gasteiger partial charge in [0, 0.05) is 49.2 Å². The standard InChI is InChI=1S/C23H32ClN5O2S/c1-4-28-21(18-5-7-20(24)8-6-18)25-29(23(28)32)15-26-11-9-19(10-12-26)22(30)27-13-16(2)31-17(3)14-27/h5-8,16-17,19H,4,9-15H2,1-3H3/t16-,17-/m0/s1. The number of aromatic nitrogens is 3. The first-order valence-electron chi connectivity index (χ1n) is 11.5. The van der Waals surface area contributed by atoms with Gasteiger partial charge in [-0.2, -0.15) is 5.10 Å². The highest BCUT2D eigenvalue weighted by molar-refractivity contribution is 7.71. The van der Waals surface area contributed by atoms with Crippen LogP contribution in [0.1, 0.15) is 33.6 Å². The molecule has 2 fully saturated rings. The predicted octanol–water partition coefficient (Wildman–Crippen LogP) is 4.06. The summed E-state index contributed by atoms with van der Waals surface area (Å²) >= 11 is 11.8. The van der Waals surface area contributed by atoms with Crippen LogP contribution in [-0.4, -0.2) is 68.4 Å². The molecule has 0 bridgehead atoms. The summed E-state index contributed by atoms with van der Waals surface area (Å²) in [6.07, 6.45) is 1.94. The third kappa shape index (κ3) is 5.09. The van der Waals surface area contributed by atoms with Crippen LogP contribution in [0, 0.1) is 10.7 Å². The van der Waals surface area contributed by atoms with Crippen LogP contribution in [0.15, 0.2) is 24.3 Å². The number of hydrogen-bond acceptors (Lipinski definition) is 5. The first-order valence-corrected chi connectivity index (χ1v) is 12.2. The Hall–Kier alpha value is -1.74. The first kappa shape index (κ1) is 23.4. The second kappa shape index (κ2) is 10.0. The second-order valence-electron chi connectivity index (χ2n) is 8.89. The topological polar surface area (TPSA) is 55.5 Å². The number of rotatable bonds is 5. The van der Waals surface area contributed by atoms with Crippen LogP contribution < -0.4 is 0 Å². The molecular weight excluding hydrogens is 446 g/mol. The summed E-state index contributed by atoms with van der Waals surface area (Å²) in [6.45, 7) is 10.7. The molecule has 0 aliphatic carbocycles. The Kier molecular flexibility index (Phi) is 7.34. The minimum absolute atomic E-state index is 0.0922. The highest BCUT2D eigenvalue weighted by Crippen LogP contribution is 2.24. The summed E-state index contributed by atoms with van der Waals surface area (Å²) in [5.41, 5.74) is 0.999. The largest absolute Gasteiger partial charge is 0.372 e. The van der Waals surface area contributed by atoms with Crippen LogP contribution in [0.25, 0.3) is 11.4 Å². The second-order valence-corrected chi connectivity index (χ2v) is 9.69. The Labute approximate surface area is 199 Å². The molecule has 0 saturated carbocycles. The van der Waals surface area contributed by atoms with Crippen molar-refractivity contribution >= 4 is 29.7 Å². The summed E-state index contributed by atoms with van der Waals surface area (Å²) in [4.78, 5) is 17.4. The van der Waals surface area contributed by atoms with Crippen molar-refractivity contribution in [2.24, 2.45) is 5.92 Å². The summed E-state index contributed by atoms with van der Waals surface area (Å²) in [5, 5.41) is 5.52. The highest BCUT2D eigenvalue weighted by Gasteiger charge is 2.32. The van der Waals surface area contributed by atoms with E-state index in [2.05, 4.69) is 16.4 Å². The molecule has 9 heteroatoms. The van der Waals surface area contributed by atoms with E-state index in [1.807, 2.05) is 47.7 Å². The van der Waals surface area contributed by atoms with E-state index in [1.54, 1.807) is 0 Å². The quantitative estimate of drug-likeness (QED) is 0.608. The van der Waals surface area contributed by atoms with Crippen molar-refractivity contribution in [2.75, 3.05) is 26.2 Å². The number of nitrogens with zero attached hydrogens (tertiary/aromatic N) is 5. The van der Waals surface area contributed by atoms with E-state index in [1.165, 1.54) is 0 Å².